The van der Waals surface area contributed by atoms with Crippen LogP contribution < -0.4 is 5.32 Å². The Morgan fingerprint density at radius 3 is 2.56 bits per heavy atom. The van der Waals surface area contributed by atoms with E-state index in [-0.39, 0.29) is 17.2 Å². The van der Waals surface area contributed by atoms with Gasteiger partial charge in [0.2, 0.25) is 5.91 Å². The van der Waals surface area contributed by atoms with Crippen molar-refractivity contribution in [3.8, 4) is 11.3 Å². The van der Waals surface area contributed by atoms with Crippen molar-refractivity contribution in [2.75, 3.05) is 11.1 Å². The van der Waals surface area contributed by atoms with E-state index >= 15 is 0 Å². The molecule has 0 spiro atoms. The zero-order valence-corrected chi connectivity index (χ0v) is 16.8. The highest BCUT2D eigenvalue weighted by Crippen LogP contribution is 2.33. The van der Waals surface area contributed by atoms with Crippen LogP contribution in [0.2, 0.25) is 10.0 Å². The lowest BCUT2D eigenvalue weighted by Crippen LogP contribution is -2.14. The van der Waals surface area contributed by atoms with Gasteiger partial charge >= 0.3 is 5.97 Å². The second-order valence-corrected chi connectivity index (χ2v) is 8.27. The quantitative estimate of drug-likeness (QED) is 0.493. The van der Waals surface area contributed by atoms with Crippen LogP contribution in [0, 0.1) is 0 Å². The summed E-state index contributed by atoms with van der Waals surface area (Å²) in [4.78, 5) is 27.4. The summed E-state index contributed by atoms with van der Waals surface area (Å²) >= 11 is 14.8. The molecular formula is C18H12Cl2N2O3S2. The molecule has 138 valence electrons. The minimum atomic E-state index is -1.01. The maximum absolute atomic E-state index is 12.1. The number of benzene rings is 2. The molecule has 1 aromatic heterocycles. The minimum absolute atomic E-state index is 0.165. The highest BCUT2D eigenvalue weighted by atomic mass is 35.5. The number of thioether (sulfide) groups is 1. The molecule has 3 rings (SSSR count). The summed E-state index contributed by atoms with van der Waals surface area (Å²) in [5.41, 5.74) is 2.22. The van der Waals surface area contributed by atoms with Crippen molar-refractivity contribution >= 4 is 63.9 Å². The summed E-state index contributed by atoms with van der Waals surface area (Å²) < 4.78 is 0.743. The fourth-order valence-electron chi connectivity index (χ4n) is 2.16. The van der Waals surface area contributed by atoms with Crippen molar-refractivity contribution in [1.82, 2.24) is 4.98 Å². The molecule has 1 amide bonds. The number of rotatable bonds is 6. The Hall–Kier alpha value is -2.06. The molecule has 5 nitrogen and oxygen atoms in total. The van der Waals surface area contributed by atoms with E-state index < -0.39 is 5.97 Å². The predicted molar refractivity (Wildman–Crippen MR) is 110 cm³/mol. The average Bonchev–Trinajstić information content (AvgIpc) is 3.09. The number of carbonyl (C=O) groups excluding carboxylic acids is 1. The van der Waals surface area contributed by atoms with Crippen molar-refractivity contribution in [3.05, 3.63) is 63.5 Å². The third kappa shape index (κ3) is 5.23. The normalized spacial score (nSPS) is 10.6. The van der Waals surface area contributed by atoms with Crippen LogP contribution in [0.1, 0.15) is 10.4 Å². The van der Waals surface area contributed by atoms with Crippen molar-refractivity contribution in [2.45, 2.75) is 4.34 Å². The number of nitrogens with one attached hydrogen (secondary N) is 1. The molecule has 1 heterocycles. The Bertz CT molecular complexity index is 991. The topological polar surface area (TPSA) is 79.3 Å². The molecule has 3 aromatic rings. The summed E-state index contributed by atoms with van der Waals surface area (Å²) in [5.74, 6) is -1.03. The highest BCUT2D eigenvalue weighted by Gasteiger charge is 2.11. The number of aromatic nitrogens is 1. The molecule has 0 fully saturated rings. The predicted octanol–water partition coefficient (Wildman–Crippen LogP) is 5.55. The summed E-state index contributed by atoms with van der Waals surface area (Å²) in [7, 11) is 0. The third-order valence-corrected chi connectivity index (χ3v) is 6.00. The fourth-order valence-corrected chi connectivity index (χ4v) is 4.30. The number of nitrogens with zero attached hydrogens (tertiary/aromatic N) is 1. The maximum atomic E-state index is 12.1. The molecule has 0 aliphatic carbocycles. The van der Waals surface area contributed by atoms with E-state index in [4.69, 9.17) is 28.3 Å². The van der Waals surface area contributed by atoms with Crippen molar-refractivity contribution in [3.63, 3.8) is 0 Å². The molecule has 0 saturated heterocycles. The van der Waals surface area contributed by atoms with Crippen LogP contribution in [0.15, 0.2) is 52.2 Å². The first-order valence-corrected chi connectivity index (χ1v) is 10.2. The van der Waals surface area contributed by atoms with Gasteiger partial charge in [-0.05, 0) is 42.5 Å². The highest BCUT2D eigenvalue weighted by molar-refractivity contribution is 8.01. The molecule has 0 atom stereocenters. The molecule has 0 radical (unpaired) electrons. The van der Waals surface area contributed by atoms with E-state index in [0.29, 0.717) is 15.7 Å². The first-order valence-electron chi connectivity index (χ1n) is 7.59. The Labute approximate surface area is 173 Å². The molecule has 27 heavy (non-hydrogen) atoms. The lowest BCUT2D eigenvalue weighted by atomic mass is 10.2. The molecule has 0 unspecified atom stereocenters. The Morgan fingerprint density at radius 1 is 1.15 bits per heavy atom. The van der Waals surface area contributed by atoms with Crippen LogP contribution >= 0.6 is 46.3 Å². The lowest BCUT2D eigenvalue weighted by Gasteiger charge is -2.04. The van der Waals surface area contributed by atoms with Gasteiger partial charge in [-0.15, -0.1) is 11.3 Å². The molecule has 0 bridgehead atoms. The van der Waals surface area contributed by atoms with Crippen LogP contribution in [0.3, 0.4) is 0 Å². The van der Waals surface area contributed by atoms with E-state index in [0.717, 1.165) is 15.6 Å². The van der Waals surface area contributed by atoms with E-state index in [1.165, 1.54) is 35.2 Å². The van der Waals surface area contributed by atoms with Gasteiger partial charge in [-0.2, -0.15) is 0 Å². The van der Waals surface area contributed by atoms with Gasteiger partial charge in [-0.3, -0.25) is 4.79 Å². The van der Waals surface area contributed by atoms with Gasteiger partial charge in [0, 0.05) is 21.7 Å². The van der Waals surface area contributed by atoms with Gasteiger partial charge in [-0.25, -0.2) is 9.78 Å². The standard InChI is InChI=1S/C18H12Cl2N2O3S2/c19-11-3-6-13(14(20)7-11)15-8-26-18(22-15)27-9-16(23)21-12-4-1-10(2-5-12)17(24)25/h1-8H,9H2,(H,21,23)(H,24,25). The van der Waals surface area contributed by atoms with Crippen molar-refractivity contribution in [1.29, 1.82) is 0 Å². The number of halogens is 2. The average molecular weight is 439 g/mol. The van der Waals surface area contributed by atoms with Gasteiger partial charge in [0.15, 0.2) is 4.34 Å². The number of hydrogen-bond acceptors (Lipinski definition) is 5. The number of thiazole rings is 1. The molecule has 9 heteroatoms. The molecule has 0 saturated carbocycles. The largest absolute Gasteiger partial charge is 0.478 e. The first kappa shape index (κ1) is 19.7. The SMILES string of the molecule is O=C(CSc1nc(-c2ccc(Cl)cc2Cl)cs1)Nc1ccc(C(=O)O)cc1. The minimum Gasteiger partial charge on any atom is -0.478 e. The molecule has 0 aliphatic heterocycles. The third-order valence-electron chi connectivity index (χ3n) is 3.43. The second-order valence-electron chi connectivity index (χ2n) is 5.34. The van der Waals surface area contributed by atoms with Gasteiger partial charge in [-0.1, -0.05) is 35.0 Å². The van der Waals surface area contributed by atoms with Crippen LogP contribution in [0.4, 0.5) is 5.69 Å². The van der Waals surface area contributed by atoms with Gasteiger partial charge in [0.1, 0.15) is 0 Å². The van der Waals surface area contributed by atoms with E-state index in [1.807, 2.05) is 11.4 Å². The summed E-state index contributed by atoms with van der Waals surface area (Å²) in [6.07, 6.45) is 0. The van der Waals surface area contributed by atoms with Crippen LogP contribution in [0.25, 0.3) is 11.3 Å². The molecule has 2 N–H and O–H groups in total. The van der Waals surface area contributed by atoms with Crippen molar-refractivity contribution in [2.24, 2.45) is 0 Å². The summed E-state index contributed by atoms with van der Waals surface area (Å²) in [6.45, 7) is 0. The zero-order valence-electron chi connectivity index (χ0n) is 13.6. The first-order chi connectivity index (χ1) is 12.9. The van der Waals surface area contributed by atoms with Gasteiger partial charge < -0.3 is 10.4 Å². The number of anilines is 1. The monoisotopic (exact) mass is 438 g/mol. The number of aromatic carboxylic acids is 1. The number of carbonyl (C=O) groups is 2. The number of carboxylic acids is 1. The Morgan fingerprint density at radius 2 is 1.89 bits per heavy atom. The molecule has 2 aromatic carbocycles. The van der Waals surface area contributed by atoms with Gasteiger partial charge in [0.25, 0.3) is 0 Å². The smallest absolute Gasteiger partial charge is 0.335 e. The van der Waals surface area contributed by atoms with Gasteiger partial charge in [0.05, 0.1) is 22.0 Å². The fraction of sp³-hybridized carbons (Fsp3) is 0.0556. The Kier molecular flexibility index (Phi) is 6.38. The van der Waals surface area contributed by atoms with E-state index in [9.17, 15) is 9.59 Å². The number of carboxylic acid groups (broad SMARTS) is 1. The van der Waals surface area contributed by atoms with Crippen LogP contribution in [-0.2, 0) is 4.79 Å². The lowest BCUT2D eigenvalue weighted by molar-refractivity contribution is -0.113. The molecular weight excluding hydrogens is 427 g/mol. The summed E-state index contributed by atoms with van der Waals surface area (Å²) in [6, 6.07) is 11.2. The number of hydrogen-bond donors (Lipinski definition) is 2. The van der Waals surface area contributed by atoms with Crippen LogP contribution in [-0.4, -0.2) is 27.7 Å². The second kappa shape index (κ2) is 8.75. The zero-order chi connectivity index (χ0) is 19.4. The van der Waals surface area contributed by atoms with Crippen LogP contribution in [0.5, 0.6) is 0 Å². The van der Waals surface area contributed by atoms with E-state index in [1.54, 1.807) is 24.3 Å². The molecule has 0 aliphatic rings. The maximum Gasteiger partial charge on any atom is 0.335 e. The summed E-state index contributed by atoms with van der Waals surface area (Å²) in [5, 5.41) is 14.5. The number of amides is 1. The Balaban J connectivity index is 1.58. The van der Waals surface area contributed by atoms with Crippen molar-refractivity contribution < 1.29 is 14.7 Å². The van der Waals surface area contributed by atoms with E-state index in [2.05, 4.69) is 10.3 Å².